The Bertz CT molecular complexity index is 192. The summed E-state index contributed by atoms with van der Waals surface area (Å²) in [5.41, 5.74) is 0. The Balaban J connectivity index is 1.64. The fourth-order valence-electron chi connectivity index (χ4n) is 2.74. The number of hydrogen-bond donors (Lipinski definition) is 1. The van der Waals surface area contributed by atoms with Crippen molar-refractivity contribution in [2.75, 3.05) is 32.8 Å². The van der Waals surface area contributed by atoms with Crippen molar-refractivity contribution in [2.45, 2.75) is 51.2 Å². The number of nitrogens with zero attached hydrogens (tertiary/aromatic N) is 1. The first-order valence-corrected chi connectivity index (χ1v) is 6.96. The van der Waals surface area contributed by atoms with Gasteiger partial charge in [0, 0.05) is 19.1 Å². The Kier molecular flexibility index (Phi) is 5.07. The largest absolute Gasteiger partial charge is 0.376 e. The van der Waals surface area contributed by atoms with Gasteiger partial charge in [0.15, 0.2) is 0 Å². The average molecular weight is 226 g/mol. The van der Waals surface area contributed by atoms with Gasteiger partial charge in [0.05, 0.1) is 12.7 Å². The SMILES string of the molecule is CCC1CN(CCC2CCCCN2)CCO1. The van der Waals surface area contributed by atoms with Gasteiger partial charge in [0.2, 0.25) is 0 Å². The molecule has 0 aromatic carbocycles. The summed E-state index contributed by atoms with van der Waals surface area (Å²) in [7, 11) is 0. The number of hydrogen-bond acceptors (Lipinski definition) is 3. The first-order valence-electron chi connectivity index (χ1n) is 6.96. The summed E-state index contributed by atoms with van der Waals surface area (Å²) in [6.45, 7) is 7.89. The van der Waals surface area contributed by atoms with Crippen molar-refractivity contribution in [1.82, 2.24) is 10.2 Å². The highest BCUT2D eigenvalue weighted by atomic mass is 16.5. The van der Waals surface area contributed by atoms with Gasteiger partial charge in [-0.05, 0) is 38.8 Å². The molecule has 16 heavy (non-hydrogen) atoms. The van der Waals surface area contributed by atoms with Gasteiger partial charge in [-0.1, -0.05) is 13.3 Å². The molecule has 0 bridgehead atoms. The van der Waals surface area contributed by atoms with Crippen LogP contribution >= 0.6 is 0 Å². The van der Waals surface area contributed by atoms with Crippen LogP contribution in [0.5, 0.6) is 0 Å². The lowest BCUT2D eigenvalue weighted by Gasteiger charge is -2.34. The molecule has 2 aliphatic heterocycles. The Morgan fingerprint density at radius 1 is 1.38 bits per heavy atom. The summed E-state index contributed by atoms with van der Waals surface area (Å²) < 4.78 is 5.69. The summed E-state index contributed by atoms with van der Waals surface area (Å²) in [6.07, 6.45) is 7.11. The normalized spacial score (nSPS) is 32.8. The molecular formula is C13H26N2O. The lowest BCUT2D eigenvalue weighted by molar-refractivity contribution is -0.0306. The van der Waals surface area contributed by atoms with Gasteiger partial charge in [-0.15, -0.1) is 0 Å². The topological polar surface area (TPSA) is 24.5 Å². The van der Waals surface area contributed by atoms with Crippen LogP contribution in [-0.2, 0) is 4.74 Å². The molecule has 2 rings (SSSR count). The van der Waals surface area contributed by atoms with Crippen LogP contribution in [0.3, 0.4) is 0 Å². The van der Waals surface area contributed by atoms with Crippen LogP contribution in [-0.4, -0.2) is 49.8 Å². The second-order valence-corrected chi connectivity index (χ2v) is 5.14. The van der Waals surface area contributed by atoms with Crippen molar-refractivity contribution in [2.24, 2.45) is 0 Å². The van der Waals surface area contributed by atoms with E-state index in [0.29, 0.717) is 6.10 Å². The highest BCUT2D eigenvalue weighted by Gasteiger charge is 2.20. The first-order chi connectivity index (χ1) is 7.88. The quantitative estimate of drug-likeness (QED) is 0.788. The molecule has 0 radical (unpaired) electrons. The molecule has 0 aliphatic carbocycles. The predicted molar refractivity (Wildman–Crippen MR) is 66.7 cm³/mol. The Morgan fingerprint density at radius 2 is 2.31 bits per heavy atom. The van der Waals surface area contributed by atoms with Gasteiger partial charge in [-0.2, -0.15) is 0 Å². The van der Waals surface area contributed by atoms with Gasteiger partial charge in [-0.3, -0.25) is 4.90 Å². The lowest BCUT2D eigenvalue weighted by Crippen LogP contribution is -2.44. The van der Waals surface area contributed by atoms with E-state index in [-0.39, 0.29) is 0 Å². The van der Waals surface area contributed by atoms with Crippen LogP contribution in [0.15, 0.2) is 0 Å². The molecule has 1 N–H and O–H groups in total. The molecule has 2 unspecified atom stereocenters. The second kappa shape index (κ2) is 6.58. The lowest BCUT2D eigenvalue weighted by atomic mass is 10.0. The second-order valence-electron chi connectivity index (χ2n) is 5.14. The highest BCUT2D eigenvalue weighted by Crippen LogP contribution is 2.13. The third kappa shape index (κ3) is 3.72. The van der Waals surface area contributed by atoms with E-state index >= 15 is 0 Å². The van der Waals surface area contributed by atoms with Crippen molar-refractivity contribution in [3.8, 4) is 0 Å². The van der Waals surface area contributed by atoms with Crippen LogP contribution < -0.4 is 5.32 Å². The van der Waals surface area contributed by atoms with E-state index in [4.69, 9.17) is 4.74 Å². The molecule has 2 saturated heterocycles. The molecule has 0 spiro atoms. The number of nitrogens with one attached hydrogen (secondary N) is 1. The summed E-state index contributed by atoms with van der Waals surface area (Å²) in [5, 5.41) is 3.63. The zero-order valence-corrected chi connectivity index (χ0v) is 10.6. The molecule has 2 heterocycles. The van der Waals surface area contributed by atoms with Gasteiger partial charge in [0.1, 0.15) is 0 Å². The fraction of sp³-hybridized carbons (Fsp3) is 1.00. The number of piperidine rings is 1. The van der Waals surface area contributed by atoms with Crippen molar-refractivity contribution in [3.05, 3.63) is 0 Å². The zero-order valence-electron chi connectivity index (χ0n) is 10.6. The van der Waals surface area contributed by atoms with E-state index in [9.17, 15) is 0 Å². The van der Waals surface area contributed by atoms with Crippen molar-refractivity contribution < 1.29 is 4.74 Å². The maximum absolute atomic E-state index is 5.69. The molecule has 0 amide bonds. The molecule has 0 aromatic heterocycles. The smallest absolute Gasteiger partial charge is 0.0700 e. The van der Waals surface area contributed by atoms with Gasteiger partial charge in [0.25, 0.3) is 0 Å². The Morgan fingerprint density at radius 3 is 3.06 bits per heavy atom. The Hall–Kier alpha value is -0.120. The summed E-state index contributed by atoms with van der Waals surface area (Å²) in [6, 6.07) is 0.775. The van der Waals surface area contributed by atoms with Crippen molar-refractivity contribution >= 4 is 0 Å². The third-order valence-electron chi connectivity index (χ3n) is 3.88. The fourth-order valence-corrected chi connectivity index (χ4v) is 2.74. The number of morpholine rings is 1. The molecule has 2 aliphatic rings. The first kappa shape index (κ1) is 12.3. The van der Waals surface area contributed by atoms with E-state index in [1.807, 2.05) is 0 Å². The highest BCUT2D eigenvalue weighted by molar-refractivity contribution is 4.76. The molecule has 0 saturated carbocycles. The van der Waals surface area contributed by atoms with E-state index in [1.54, 1.807) is 0 Å². The van der Waals surface area contributed by atoms with Crippen LogP contribution in [0.25, 0.3) is 0 Å². The minimum absolute atomic E-state index is 0.480. The minimum atomic E-state index is 0.480. The maximum atomic E-state index is 5.69. The summed E-state index contributed by atoms with van der Waals surface area (Å²) in [4.78, 5) is 2.58. The van der Waals surface area contributed by atoms with Gasteiger partial charge in [-0.25, -0.2) is 0 Å². The van der Waals surface area contributed by atoms with Gasteiger partial charge < -0.3 is 10.1 Å². The number of rotatable bonds is 4. The van der Waals surface area contributed by atoms with Crippen molar-refractivity contribution in [3.63, 3.8) is 0 Å². The number of ether oxygens (including phenoxy) is 1. The maximum Gasteiger partial charge on any atom is 0.0700 e. The van der Waals surface area contributed by atoms with Crippen LogP contribution in [0.1, 0.15) is 39.0 Å². The third-order valence-corrected chi connectivity index (χ3v) is 3.88. The monoisotopic (exact) mass is 226 g/mol. The molecule has 94 valence electrons. The van der Waals surface area contributed by atoms with E-state index in [2.05, 4.69) is 17.1 Å². The molecule has 3 heteroatoms. The van der Waals surface area contributed by atoms with Crippen molar-refractivity contribution in [1.29, 1.82) is 0 Å². The standard InChI is InChI=1S/C13H26N2O/c1-2-13-11-15(9-10-16-13)8-6-12-5-3-4-7-14-12/h12-14H,2-11H2,1H3. The van der Waals surface area contributed by atoms with E-state index < -0.39 is 0 Å². The molecule has 2 fully saturated rings. The zero-order chi connectivity index (χ0) is 11.2. The molecule has 0 aromatic rings. The molecular weight excluding hydrogens is 200 g/mol. The van der Waals surface area contributed by atoms with Crippen LogP contribution in [0.2, 0.25) is 0 Å². The van der Waals surface area contributed by atoms with Crippen LogP contribution in [0, 0.1) is 0 Å². The van der Waals surface area contributed by atoms with E-state index in [0.717, 1.165) is 32.2 Å². The molecule has 2 atom stereocenters. The Labute approximate surface area is 99.5 Å². The summed E-state index contributed by atoms with van der Waals surface area (Å²) >= 11 is 0. The summed E-state index contributed by atoms with van der Waals surface area (Å²) in [5.74, 6) is 0. The average Bonchev–Trinajstić information content (AvgIpc) is 2.38. The predicted octanol–water partition coefficient (Wildman–Crippen LogP) is 1.63. The van der Waals surface area contributed by atoms with E-state index in [1.165, 1.54) is 38.8 Å². The van der Waals surface area contributed by atoms with Gasteiger partial charge >= 0.3 is 0 Å². The minimum Gasteiger partial charge on any atom is -0.376 e. The molecule has 3 nitrogen and oxygen atoms in total. The van der Waals surface area contributed by atoms with Crippen LogP contribution in [0.4, 0.5) is 0 Å².